The molecular weight excluding hydrogens is 2190 g/mol. The zero-order valence-corrected chi connectivity index (χ0v) is 62.8. The van der Waals surface area contributed by atoms with Crippen LogP contribution in [-0.4, -0.2) is 257 Å². The predicted molar refractivity (Wildman–Crippen MR) is 372 cm³/mol. The summed E-state index contributed by atoms with van der Waals surface area (Å²) in [7, 11) is 0. The number of benzene rings is 3. The molecule has 33 nitrogen and oxygen atoms in total. The highest BCUT2D eigenvalue weighted by Crippen LogP contribution is 2.39. The van der Waals surface area contributed by atoms with Crippen molar-refractivity contribution in [1.82, 2.24) is 44.8 Å². The lowest BCUT2D eigenvalue weighted by atomic mass is 10.1. The summed E-state index contributed by atoms with van der Waals surface area (Å²) in [5.74, 6) is -8.43. The average molecular weight is 2240 g/mol. The summed E-state index contributed by atoms with van der Waals surface area (Å²) in [4.78, 5) is 136. The van der Waals surface area contributed by atoms with Crippen LogP contribution in [0.3, 0.4) is 0 Å². The van der Waals surface area contributed by atoms with Crippen LogP contribution in [0.25, 0.3) is 17.1 Å². The van der Waals surface area contributed by atoms with Crippen molar-refractivity contribution in [1.29, 1.82) is 0 Å². The Morgan fingerprint density at radius 1 is 0.310 bits per heavy atom. The van der Waals surface area contributed by atoms with E-state index in [0.29, 0.717) is 0 Å². The van der Waals surface area contributed by atoms with E-state index in [1.165, 1.54) is 203 Å². The maximum atomic E-state index is 16.2. The van der Waals surface area contributed by atoms with E-state index < -0.39 is 247 Å². The van der Waals surface area contributed by atoms with Crippen molar-refractivity contribution in [2.24, 2.45) is 0 Å². The van der Waals surface area contributed by atoms with Crippen LogP contribution in [0.15, 0.2) is 14.4 Å². The Bertz CT molecular complexity index is 3390. The van der Waals surface area contributed by atoms with Crippen LogP contribution in [0.2, 0.25) is 0 Å². The first-order valence-corrected chi connectivity index (χ1v) is 33.6. The van der Waals surface area contributed by atoms with Gasteiger partial charge in [-0.3, -0.25) is 44.4 Å². The fraction of sp³-hybridized carbons (Fsp3) is 0.400. The van der Waals surface area contributed by atoms with E-state index >= 15 is 14.4 Å². The minimum atomic E-state index is -1.88. The van der Waals surface area contributed by atoms with E-state index in [4.69, 9.17) is 0 Å². The number of rotatable bonds is 27. The minimum absolute atomic E-state index is 0.0959. The third-order valence-electron chi connectivity index (χ3n) is 12.3. The molecule has 0 bridgehead atoms. The SMILES string of the molecule is O=C(NC(CO)CO)c1c(I)c(C(=O)NC(CO)CO)c(I)c(-n2c(=O)n(-c3c(I)c(C(=O)NC(CO)CO)c(I)c(C(=O)N(O)C(CO)CO)c3I)c(=O)n(-c3c(I)c(C(=O)N(O)C(CO)CO)c(I)c(C(=O)N(O)C(CO)CO)c3I)c2=O)c1I. The molecule has 0 aliphatic rings. The van der Waals surface area contributed by atoms with Gasteiger partial charge in [0.15, 0.2) is 0 Å². The summed E-state index contributed by atoms with van der Waals surface area (Å²) in [5.41, 5.74) is -12.6. The van der Waals surface area contributed by atoms with Gasteiger partial charge >= 0.3 is 17.1 Å². The highest BCUT2D eigenvalue weighted by Gasteiger charge is 2.41. The monoisotopic (exact) mass is 2240 g/mol. The summed E-state index contributed by atoms with van der Waals surface area (Å²) in [5, 5.41) is 161. The fourth-order valence-corrected chi connectivity index (χ4v) is 21.3. The molecule has 0 spiro atoms. The molecule has 0 saturated carbocycles. The number of hydroxylamine groups is 6. The molecule has 0 radical (unpaired) electrons. The lowest BCUT2D eigenvalue weighted by molar-refractivity contribution is -0.111. The third kappa shape index (κ3) is 16.0. The van der Waals surface area contributed by atoms with Crippen molar-refractivity contribution in [2.75, 3.05) is 79.3 Å². The number of nitrogens with zero attached hydrogens (tertiary/aromatic N) is 6. The van der Waals surface area contributed by atoms with Crippen molar-refractivity contribution in [3.05, 3.63) is 97.0 Å². The molecular formula is C45H48I9N9O24. The summed E-state index contributed by atoms with van der Waals surface area (Å²) in [6, 6.07) is -9.74. The van der Waals surface area contributed by atoms with Crippen molar-refractivity contribution in [3.8, 4) is 17.1 Å². The summed E-state index contributed by atoms with van der Waals surface area (Å²) in [6.07, 6.45) is 0. The summed E-state index contributed by atoms with van der Waals surface area (Å²) < 4.78 is -4.16. The van der Waals surface area contributed by atoms with Crippen molar-refractivity contribution in [2.45, 2.75) is 36.3 Å². The maximum absolute atomic E-state index is 16.2. The molecule has 0 fully saturated rings. The van der Waals surface area contributed by atoms with E-state index in [0.717, 1.165) is 0 Å². The van der Waals surface area contributed by atoms with Crippen LogP contribution in [0.5, 0.6) is 0 Å². The second-order valence-corrected chi connectivity index (χ2v) is 27.3. The molecule has 3 aromatic carbocycles. The lowest BCUT2D eigenvalue weighted by Gasteiger charge is -2.28. The Labute approximate surface area is 610 Å². The molecule has 480 valence electrons. The van der Waals surface area contributed by atoms with Crippen LogP contribution in [0, 0.1) is 32.1 Å². The summed E-state index contributed by atoms with van der Waals surface area (Å²) in [6.45, 7) is -12.0. The van der Waals surface area contributed by atoms with Gasteiger partial charge in [-0.1, -0.05) is 0 Å². The number of carbonyl (C=O) groups is 6. The molecule has 6 amide bonds. The number of aliphatic hydroxyl groups excluding tert-OH is 12. The Morgan fingerprint density at radius 3 is 0.667 bits per heavy atom. The topological polar surface area (TPSA) is 518 Å². The first-order valence-electron chi connectivity index (χ1n) is 23.9. The zero-order valence-electron chi connectivity index (χ0n) is 43.4. The molecule has 1 heterocycles. The van der Waals surface area contributed by atoms with E-state index in [-0.39, 0.29) is 32.5 Å². The summed E-state index contributed by atoms with van der Waals surface area (Å²) >= 11 is 12.9. The molecule has 42 heteroatoms. The van der Waals surface area contributed by atoms with Crippen LogP contribution in [-0.2, 0) is 0 Å². The number of aliphatic hydroxyl groups is 12. The van der Waals surface area contributed by atoms with Gasteiger partial charge in [-0.05, 0) is 203 Å². The third-order valence-corrected chi connectivity index (χ3v) is 21.8. The van der Waals surface area contributed by atoms with Gasteiger partial charge in [0.2, 0.25) is 0 Å². The highest BCUT2D eigenvalue weighted by atomic mass is 127. The number of aromatic nitrogens is 3. The van der Waals surface area contributed by atoms with Crippen molar-refractivity contribution >= 4 is 239 Å². The molecule has 0 atom stereocenters. The van der Waals surface area contributed by atoms with E-state index in [1.807, 2.05) is 0 Å². The van der Waals surface area contributed by atoms with Gasteiger partial charge in [0.05, 0.1) is 169 Å². The molecule has 4 rings (SSSR count). The van der Waals surface area contributed by atoms with Crippen LogP contribution < -0.4 is 33.0 Å². The average Bonchev–Trinajstić information content (AvgIpc) is 0.831. The highest BCUT2D eigenvalue weighted by molar-refractivity contribution is 14.1. The largest absolute Gasteiger partial charge is 0.394 e. The standard InChI is InChI=1S/C45H48I9N9O24/c46-25-19(37(76)55-13(1-64)2-65)28(49)34(29(50)20(25)38(77)56-14(3-66)4-67)58-43(82)59(35-30(51)21(39(78)57-15(5-68)6-69)26(47)22(31(35)52)40(79)61(85)16(7-70)8-71)45(84)60(44(58)83)36-32(53)23(41(80)62(86)17(9-72)10-73)27(48)24(33(36)54)42(81)63(87)18(11-74)12-75/h13-18,64-75,85-87H,1-12H2,(H,55,76)(H,56,77)(H,57,78). The second kappa shape index (κ2) is 34.8. The minimum Gasteiger partial charge on any atom is -0.394 e. The van der Waals surface area contributed by atoms with Crippen LogP contribution >= 0.6 is 203 Å². The fourth-order valence-electron chi connectivity index (χ4n) is 7.52. The van der Waals surface area contributed by atoms with Gasteiger partial charge in [-0.2, -0.15) is 0 Å². The van der Waals surface area contributed by atoms with Gasteiger partial charge in [-0.15, -0.1) is 0 Å². The van der Waals surface area contributed by atoms with Gasteiger partial charge in [-0.25, -0.2) is 43.3 Å². The number of carbonyl (C=O) groups excluding carboxylic acids is 6. The predicted octanol–water partition coefficient (Wildman–Crippen LogP) is -3.62. The van der Waals surface area contributed by atoms with Crippen LogP contribution in [0.1, 0.15) is 62.1 Å². The number of hydrogen-bond donors (Lipinski definition) is 18. The Kier molecular flexibility index (Phi) is 31.4. The molecule has 1 aromatic heterocycles. The quantitative estimate of drug-likeness (QED) is 0.0156. The number of nitrogens with one attached hydrogen (secondary N) is 3. The normalized spacial score (nSPS) is 11.7. The van der Waals surface area contributed by atoms with Gasteiger partial charge in [0.25, 0.3) is 35.4 Å². The first-order chi connectivity index (χ1) is 41.0. The Morgan fingerprint density at radius 2 is 0.483 bits per heavy atom. The number of halogens is 9. The Balaban J connectivity index is 2.69. The van der Waals surface area contributed by atoms with Crippen molar-refractivity contribution < 1.29 is 106 Å². The molecule has 87 heavy (non-hydrogen) atoms. The van der Waals surface area contributed by atoms with Gasteiger partial charge in [0, 0.05) is 10.7 Å². The number of hydrogen-bond acceptors (Lipinski definition) is 24. The lowest BCUT2D eigenvalue weighted by Crippen LogP contribution is -2.54. The molecule has 0 unspecified atom stereocenters. The van der Waals surface area contributed by atoms with E-state index in [2.05, 4.69) is 16.0 Å². The van der Waals surface area contributed by atoms with Crippen LogP contribution in [0.4, 0.5) is 0 Å². The Hall–Kier alpha value is -1.14. The van der Waals surface area contributed by atoms with E-state index in [1.54, 1.807) is 0 Å². The van der Waals surface area contributed by atoms with E-state index in [9.17, 15) is 106 Å². The first kappa shape index (κ1) is 78.3. The zero-order chi connectivity index (χ0) is 66.1. The molecule has 18 N–H and O–H groups in total. The molecule has 0 aliphatic heterocycles. The van der Waals surface area contributed by atoms with Gasteiger partial charge in [0.1, 0.15) is 18.1 Å². The van der Waals surface area contributed by atoms with Gasteiger partial charge < -0.3 is 77.2 Å². The number of amides is 6. The molecule has 0 saturated heterocycles. The molecule has 4 aromatic rings. The molecule has 0 aliphatic carbocycles. The second-order valence-electron chi connectivity index (χ2n) is 17.6. The van der Waals surface area contributed by atoms with Crippen molar-refractivity contribution in [3.63, 3.8) is 0 Å². The maximum Gasteiger partial charge on any atom is 0.345 e. The smallest absolute Gasteiger partial charge is 0.345 e.